The van der Waals surface area contributed by atoms with Crippen molar-refractivity contribution in [3.63, 3.8) is 0 Å². The molecule has 0 aliphatic heterocycles. The molecule has 1 heterocycles. The summed E-state index contributed by atoms with van der Waals surface area (Å²) in [6.45, 7) is 0. The normalized spacial score (nSPS) is 23.5. The first-order chi connectivity index (χ1) is 6.29. The van der Waals surface area contributed by atoms with E-state index < -0.39 is 0 Å². The Morgan fingerprint density at radius 2 is 2.31 bits per heavy atom. The zero-order valence-electron chi connectivity index (χ0n) is 7.25. The van der Waals surface area contributed by atoms with Gasteiger partial charge in [-0.05, 0) is 34.8 Å². The highest BCUT2D eigenvalue weighted by Gasteiger charge is 2.27. The molecular formula is C10H11BrO2. The second-order valence-corrected chi connectivity index (χ2v) is 4.25. The first kappa shape index (κ1) is 9.00. The first-order valence-corrected chi connectivity index (χ1v) is 5.34. The lowest BCUT2D eigenvalue weighted by atomic mass is 9.86. The fourth-order valence-corrected chi connectivity index (χ4v) is 2.29. The van der Waals surface area contributed by atoms with E-state index in [4.69, 9.17) is 4.42 Å². The van der Waals surface area contributed by atoms with Crippen molar-refractivity contribution in [2.75, 3.05) is 0 Å². The number of carbonyl (C=O) groups excluding carboxylic acids is 1. The topological polar surface area (TPSA) is 30.2 Å². The van der Waals surface area contributed by atoms with Crippen molar-refractivity contribution < 1.29 is 9.21 Å². The third-order valence-electron chi connectivity index (χ3n) is 2.52. The molecule has 1 aromatic rings. The predicted molar refractivity (Wildman–Crippen MR) is 52.6 cm³/mol. The monoisotopic (exact) mass is 242 g/mol. The molecule has 0 saturated heterocycles. The minimum absolute atomic E-state index is 0.00174. The summed E-state index contributed by atoms with van der Waals surface area (Å²) < 4.78 is 6.23. The third kappa shape index (κ3) is 1.70. The number of Topliss-reactive ketones (excluding diaryl/α,β-unsaturated/α-hetero) is 1. The Balaban J connectivity index is 2.24. The molecule has 0 N–H and O–H groups in total. The van der Waals surface area contributed by atoms with Crippen LogP contribution in [0.5, 0.6) is 0 Å². The SMILES string of the molecule is O=C1CCCCC1c1occc1Br. The Kier molecular flexibility index (Phi) is 2.54. The van der Waals surface area contributed by atoms with Crippen LogP contribution in [0.1, 0.15) is 37.4 Å². The molecule has 13 heavy (non-hydrogen) atoms. The number of hydrogen-bond donors (Lipinski definition) is 0. The molecule has 1 aliphatic rings. The van der Waals surface area contributed by atoms with Crippen molar-refractivity contribution in [2.24, 2.45) is 0 Å². The van der Waals surface area contributed by atoms with Gasteiger partial charge in [0.05, 0.1) is 16.7 Å². The van der Waals surface area contributed by atoms with Gasteiger partial charge in [-0.2, -0.15) is 0 Å². The van der Waals surface area contributed by atoms with Crippen LogP contribution < -0.4 is 0 Å². The Morgan fingerprint density at radius 3 is 2.92 bits per heavy atom. The van der Waals surface area contributed by atoms with E-state index >= 15 is 0 Å². The minimum Gasteiger partial charge on any atom is -0.467 e. The van der Waals surface area contributed by atoms with Crippen LogP contribution in [0.3, 0.4) is 0 Å². The zero-order valence-corrected chi connectivity index (χ0v) is 8.84. The number of hydrogen-bond acceptors (Lipinski definition) is 2. The van der Waals surface area contributed by atoms with E-state index in [0.717, 1.165) is 29.5 Å². The maximum Gasteiger partial charge on any atom is 0.143 e. The Labute approximate surface area is 85.4 Å². The van der Waals surface area contributed by atoms with Gasteiger partial charge in [0.1, 0.15) is 11.5 Å². The second kappa shape index (κ2) is 3.66. The van der Waals surface area contributed by atoms with Gasteiger partial charge in [-0.1, -0.05) is 6.42 Å². The molecule has 0 aromatic carbocycles. The van der Waals surface area contributed by atoms with Crippen LogP contribution in [0.25, 0.3) is 0 Å². The largest absolute Gasteiger partial charge is 0.467 e. The van der Waals surface area contributed by atoms with Crippen molar-refractivity contribution in [1.29, 1.82) is 0 Å². The molecule has 70 valence electrons. The van der Waals surface area contributed by atoms with E-state index in [2.05, 4.69) is 15.9 Å². The number of carbonyl (C=O) groups is 1. The number of rotatable bonds is 1. The van der Waals surface area contributed by atoms with E-state index in [1.165, 1.54) is 0 Å². The van der Waals surface area contributed by atoms with E-state index in [0.29, 0.717) is 12.2 Å². The molecule has 1 unspecified atom stereocenters. The van der Waals surface area contributed by atoms with Gasteiger partial charge in [-0.3, -0.25) is 4.79 Å². The van der Waals surface area contributed by atoms with Gasteiger partial charge in [-0.25, -0.2) is 0 Å². The van der Waals surface area contributed by atoms with E-state index in [9.17, 15) is 4.79 Å². The van der Waals surface area contributed by atoms with Gasteiger partial charge in [0.2, 0.25) is 0 Å². The molecule has 0 spiro atoms. The van der Waals surface area contributed by atoms with Crippen LogP contribution in [0.2, 0.25) is 0 Å². The smallest absolute Gasteiger partial charge is 0.143 e. The zero-order chi connectivity index (χ0) is 9.26. The molecule has 1 fully saturated rings. The molecule has 0 radical (unpaired) electrons. The predicted octanol–water partition coefficient (Wildman–Crippen LogP) is 3.27. The van der Waals surface area contributed by atoms with E-state index in [1.54, 1.807) is 6.26 Å². The number of furan rings is 1. The van der Waals surface area contributed by atoms with Gasteiger partial charge >= 0.3 is 0 Å². The fraction of sp³-hybridized carbons (Fsp3) is 0.500. The first-order valence-electron chi connectivity index (χ1n) is 4.54. The highest BCUT2D eigenvalue weighted by atomic mass is 79.9. The summed E-state index contributed by atoms with van der Waals surface area (Å²) in [6.07, 6.45) is 5.43. The summed E-state index contributed by atoms with van der Waals surface area (Å²) >= 11 is 3.38. The Morgan fingerprint density at radius 1 is 1.46 bits per heavy atom. The Bertz CT molecular complexity index is 316. The molecule has 1 saturated carbocycles. The lowest BCUT2D eigenvalue weighted by Crippen LogP contribution is -2.16. The molecule has 3 heteroatoms. The van der Waals surface area contributed by atoms with Crippen LogP contribution in [0, 0.1) is 0 Å². The van der Waals surface area contributed by atoms with Crippen molar-refractivity contribution in [1.82, 2.24) is 0 Å². The number of halogens is 1. The van der Waals surface area contributed by atoms with Crippen molar-refractivity contribution in [2.45, 2.75) is 31.6 Å². The van der Waals surface area contributed by atoms with Gasteiger partial charge in [-0.15, -0.1) is 0 Å². The average Bonchev–Trinajstić information content (AvgIpc) is 2.52. The molecule has 1 atom stereocenters. The minimum atomic E-state index is -0.00174. The fourth-order valence-electron chi connectivity index (χ4n) is 1.81. The lowest BCUT2D eigenvalue weighted by molar-refractivity contribution is -0.122. The summed E-state index contributed by atoms with van der Waals surface area (Å²) in [5, 5.41) is 0. The van der Waals surface area contributed by atoms with E-state index in [1.807, 2.05) is 6.07 Å². The molecule has 1 aromatic heterocycles. The molecule has 2 rings (SSSR count). The highest BCUT2D eigenvalue weighted by Crippen LogP contribution is 2.34. The summed E-state index contributed by atoms with van der Waals surface area (Å²) in [7, 11) is 0. The van der Waals surface area contributed by atoms with Gasteiger partial charge in [0.25, 0.3) is 0 Å². The summed E-state index contributed by atoms with van der Waals surface area (Å²) in [5.74, 6) is 1.13. The van der Waals surface area contributed by atoms with Gasteiger partial charge in [0.15, 0.2) is 0 Å². The highest BCUT2D eigenvalue weighted by molar-refractivity contribution is 9.10. The molecule has 0 amide bonds. The van der Waals surface area contributed by atoms with Crippen molar-refractivity contribution in [3.8, 4) is 0 Å². The molecular weight excluding hydrogens is 232 g/mol. The number of ketones is 1. The van der Waals surface area contributed by atoms with Crippen molar-refractivity contribution in [3.05, 3.63) is 22.6 Å². The molecule has 1 aliphatic carbocycles. The molecule has 2 nitrogen and oxygen atoms in total. The van der Waals surface area contributed by atoms with Crippen LogP contribution in [0.4, 0.5) is 0 Å². The van der Waals surface area contributed by atoms with Crippen LogP contribution in [-0.2, 0) is 4.79 Å². The maximum atomic E-state index is 11.6. The lowest BCUT2D eigenvalue weighted by Gasteiger charge is -2.18. The van der Waals surface area contributed by atoms with Crippen LogP contribution in [0.15, 0.2) is 21.2 Å². The third-order valence-corrected chi connectivity index (χ3v) is 3.17. The second-order valence-electron chi connectivity index (χ2n) is 3.40. The average molecular weight is 243 g/mol. The van der Waals surface area contributed by atoms with E-state index in [-0.39, 0.29) is 5.92 Å². The summed E-state index contributed by atoms with van der Waals surface area (Å²) in [5.41, 5.74) is 0. The summed E-state index contributed by atoms with van der Waals surface area (Å²) in [4.78, 5) is 11.6. The van der Waals surface area contributed by atoms with Crippen LogP contribution in [-0.4, -0.2) is 5.78 Å². The summed E-state index contributed by atoms with van der Waals surface area (Å²) in [6, 6.07) is 1.84. The van der Waals surface area contributed by atoms with Crippen LogP contribution >= 0.6 is 15.9 Å². The van der Waals surface area contributed by atoms with Crippen molar-refractivity contribution >= 4 is 21.7 Å². The molecule has 0 bridgehead atoms. The Hall–Kier alpha value is -0.570. The van der Waals surface area contributed by atoms with Gasteiger partial charge in [0, 0.05) is 6.42 Å². The van der Waals surface area contributed by atoms with Gasteiger partial charge < -0.3 is 4.42 Å². The quantitative estimate of drug-likeness (QED) is 0.757. The maximum absolute atomic E-state index is 11.6. The standard InChI is InChI=1S/C10H11BrO2/c11-8-5-6-13-10(8)7-3-1-2-4-9(7)12/h5-7H,1-4H2.